The van der Waals surface area contributed by atoms with E-state index in [1.165, 1.54) is 17.3 Å². The van der Waals surface area contributed by atoms with Crippen LogP contribution in [0.1, 0.15) is 27.2 Å². The van der Waals surface area contributed by atoms with Crippen molar-refractivity contribution in [3.63, 3.8) is 0 Å². The molecule has 1 aromatic carbocycles. The van der Waals surface area contributed by atoms with Gasteiger partial charge in [-0.25, -0.2) is 4.79 Å². The number of nitrogens with zero attached hydrogens (tertiary/aromatic N) is 2. The van der Waals surface area contributed by atoms with Crippen molar-refractivity contribution in [2.75, 3.05) is 7.05 Å². The number of aromatic nitrogens is 1. The lowest BCUT2D eigenvalue weighted by Crippen LogP contribution is -2.18. The van der Waals surface area contributed by atoms with E-state index in [1.54, 1.807) is 12.1 Å². The maximum absolute atomic E-state index is 10.8. The number of carboxylic acids is 1. The zero-order valence-corrected chi connectivity index (χ0v) is 11.7. The van der Waals surface area contributed by atoms with Crippen molar-refractivity contribution in [3.8, 4) is 0 Å². The number of rotatable bonds is 5. The standard InChI is InChI=1S/C16H18N2O2/c1-12-3-5-13(6-4-12)10-18(2)11-15-8-7-14(9-17-15)16(19)20/h3-9H,10-11H2,1-2H3,(H,19,20). The molecule has 0 aliphatic carbocycles. The van der Waals surface area contributed by atoms with Gasteiger partial charge >= 0.3 is 5.97 Å². The van der Waals surface area contributed by atoms with E-state index in [-0.39, 0.29) is 5.56 Å². The van der Waals surface area contributed by atoms with Crippen LogP contribution in [-0.4, -0.2) is 28.0 Å². The second kappa shape index (κ2) is 6.30. The first kappa shape index (κ1) is 14.2. The molecular formula is C16H18N2O2. The third kappa shape index (κ3) is 3.90. The first-order valence-electron chi connectivity index (χ1n) is 6.47. The van der Waals surface area contributed by atoms with Gasteiger partial charge in [-0.1, -0.05) is 29.8 Å². The first-order chi connectivity index (χ1) is 9.54. The SMILES string of the molecule is Cc1ccc(CN(C)Cc2ccc(C(=O)O)cn2)cc1. The zero-order chi connectivity index (χ0) is 14.5. The molecule has 0 aliphatic rings. The summed E-state index contributed by atoms with van der Waals surface area (Å²) in [6.45, 7) is 3.60. The fourth-order valence-corrected chi connectivity index (χ4v) is 1.98. The predicted octanol–water partition coefficient (Wildman–Crippen LogP) is 2.72. The average molecular weight is 270 g/mol. The normalized spacial score (nSPS) is 10.8. The number of aryl methyl sites for hydroxylation is 1. The van der Waals surface area contributed by atoms with Crippen LogP contribution in [0.3, 0.4) is 0 Å². The van der Waals surface area contributed by atoms with Gasteiger partial charge in [-0.2, -0.15) is 0 Å². The highest BCUT2D eigenvalue weighted by Gasteiger charge is 2.05. The Morgan fingerprint density at radius 2 is 1.85 bits per heavy atom. The van der Waals surface area contributed by atoms with Gasteiger partial charge in [-0.15, -0.1) is 0 Å². The van der Waals surface area contributed by atoms with Gasteiger partial charge in [0, 0.05) is 19.3 Å². The van der Waals surface area contributed by atoms with Crippen molar-refractivity contribution >= 4 is 5.97 Å². The van der Waals surface area contributed by atoms with Gasteiger partial charge in [0.25, 0.3) is 0 Å². The molecule has 20 heavy (non-hydrogen) atoms. The number of pyridine rings is 1. The van der Waals surface area contributed by atoms with Crippen molar-refractivity contribution in [1.82, 2.24) is 9.88 Å². The molecule has 4 heteroatoms. The van der Waals surface area contributed by atoms with Gasteiger partial charge in [0.2, 0.25) is 0 Å². The van der Waals surface area contributed by atoms with E-state index in [1.807, 2.05) is 7.05 Å². The van der Waals surface area contributed by atoms with E-state index in [9.17, 15) is 4.79 Å². The summed E-state index contributed by atoms with van der Waals surface area (Å²) in [4.78, 5) is 17.1. The molecule has 1 heterocycles. The van der Waals surface area contributed by atoms with Gasteiger partial charge in [0.05, 0.1) is 11.3 Å². The van der Waals surface area contributed by atoms with Gasteiger partial charge in [0.1, 0.15) is 0 Å². The van der Waals surface area contributed by atoms with Crippen LogP contribution in [0.25, 0.3) is 0 Å². The second-order valence-corrected chi connectivity index (χ2v) is 5.00. The van der Waals surface area contributed by atoms with Crippen molar-refractivity contribution in [3.05, 3.63) is 65.0 Å². The monoisotopic (exact) mass is 270 g/mol. The summed E-state index contributed by atoms with van der Waals surface area (Å²) in [7, 11) is 2.02. The number of hydrogen-bond acceptors (Lipinski definition) is 3. The Morgan fingerprint density at radius 3 is 2.40 bits per heavy atom. The molecule has 0 amide bonds. The molecule has 1 N–H and O–H groups in total. The summed E-state index contributed by atoms with van der Waals surface area (Å²) in [6, 6.07) is 11.8. The molecule has 1 aromatic heterocycles. The van der Waals surface area contributed by atoms with Gasteiger partial charge in [0.15, 0.2) is 0 Å². The van der Waals surface area contributed by atoms with Crippen molar-refractivity contribution in [2.45, 2.75) is 20.0 Å². The smallest absolute Gasteiger partial charge is 0.337 e. The fourth-order valence-electron chi connectivity index (χ4n) is 1.98. The zero-order valence-electron chi connectivity index (χ0n) is 11.7. The Balaban J connectivity index is 1.95. The second-order valence-electron chi connectivity index (χ2n) is 5.00. The third-order valence-electron chi connectivity index (χ3n) is 3.08. The highest BCUT2D eigenvalue weighted by atomic mass is 16.4. The Morgan fingerprint density at radius 1 is 1.15 bits per heavy atom. The van der Waals surface area contributed by atoms with E-state index in [0.29, 0.717) is 6.54 Å². The van der Waals surface area contributed by atoms with E-state index >= 15 is 0 Å². The van der Waals surface area contributed by atoms with Crippen LogP contribution in [0.2, 0.25) is 0 Å². The molecule has 0 atom stereocenters. The largest absolute Gasteiger partial charge is 0.478 e. The van der Waals surface area contributed by atoms with Gasteiger partial charge in [-0.3, -0.25) is 9.88 Å². The van der Waals surface area contributed by atoms with Crippen LogP contribution in [-0.2, 0) is 13.1 Å². The predicted molar refractivity (Wildman–Crippen MR) is 77.5 cm³/mol. The number of carbonyl (C=O) groups is 1. The summed E-state index contributed by atoms with van der Waals surface area (Å²) in [5.41, 5.74) is 3.59. The lowest BCUT2D eigenvalue weighted by atomic mass is 10.1. The maximum Gasteiger partial charge on any atom is 0.337 e. The number of carboxylic acid groups (broad SMARTS) is 1. The molecule has 4 nitrogen and oxygen atoms in total. The van der Waals surface area contributed by atoms with E-state index < -0.39 is 5.97 Å². The lowest BCUT2D eigenvalue weighted by molar-refractivity contribution is 0.0696. The highest BCUT2D eigenvalue weighted by Crippen LogP contribution is 2.09. The molecular weight excluding hydrogens is 252 g/mol. The van der Waals surface area contributed by atoms with E-state index in [4.69, 9.17) is 5.11 Å². The molecule has 104 valence electrons. The molecule has 0 saturated carbocycles. The van der Waals surface area contributed by atoms with Crippen LogP contribution in [0.15, 0.2) is 42.6 Å². The van der Waals surface area contributed by atoms with Crippen molar-refractivity contribution in [2.24, 2.45) is 0 Å². The number of benzene rings is 1. The molecule has 2 aromatic rings. The Labute approximate surface area is 118 Å². The molecule has 0 bridgehead atoms. The minimum atomic E-state index is -0.947. The molecule has 0 fully saturated rings. The van der Waals surface area contributed by atoms with E-state index in [2.05, 4.69) is 41.1 Å². The van der Waals surface area contributed by atoms with Crippen molar-refractivity contribution < 1.29 is 9.90 Å². The minimum Gasteiger partial charge on any atom is -0.478 e. The number of aromatic carboxylic acids is 1. The van der Waals surface area contributed by atoms with Crippen LogP contribution in [0.4, 0.5) is 0 Å². The van der Waals surface area contributed by atoms with Crippen LogP contribution in [0, 0.1) is 6.92 Å². The fraction of sp³-hybridized carbons (Fsp3) is 0.250. The molecule has 0 saturated heterocycles. The molecule has 0 spiro atoms. The van der Waals surface area contributed by atoms with Gasteiger partial charge < -0.3 is 5.11 Å². The average Bonchev–Trinajstić information content (AvgIpc) is 2.42. The first-order valence-corrected chi connectivity index (χ1v) is 6.47. The quantitative estimate of drug-likeness (QED) is 0.907. The number of hydrogen-bond donors (Lipinski definition) is 1. The summed E-state index contributed by atoms with van der Waals surface area (Å²) in [5.74, 6) is -0.947. The summed E-state index contributed by atoms with van der Waals surface area (Å²) in [5, 5.41) is 8.82. The minimum absolute atomic E-state index is 0.218. The summed E-state index contributed by atoms with van der Waals surface area (Å²) in [6.07, 6.45) is 1.40. The van der Waals surface area contributed by atoms with E-state index in [0.717, 1.165) is 12.2 Å². The summed E-state index contributed by atoms with van der Waals surface area (Å²) < 4.78 is 0. The molecule has 0 unspecified atom stereocenters. The van der Waals surface area contributed by atoms with Crippen LogP contribution in [0.5, 0.6) is 0 Å². The lowest BCUT2D eigenvalue weighted by Gasteiger charge is -2.16. The molecule has 0 aliphatic heterocycles. The molecule has 2 rings (SSSR count). The Kier molecular flexibility index (Phi) is 4.48. The third-order valence-corrected chi connectivity index (χ3v) is 3.08. The van der Waals surface area contributed by atoms with Crippen LogP contribution >= 0.6 is 0 Å². The van der Waals surface area contributed by atoms with Crippen molar-refractivity contribution in [1.29, 1.82) is 0 Å². The Bertz CT molecular complexity index is 576. The Hall–Kier alpha value is -2.20. The van der Waals surface area contributed by atoms with Gasteiger partial charge in [-0.05, 0) is 31.7 Å². The maximum atomic E-state index is 10.8. The summed E-state index contributed by atoms with van der Waals surface area (Å²) >= 11 is 0. The molecule has 0 radical (unpaired) electrons. The topological polar surface area (TPSA) is 53.4 Å². The van der Waals surface area contributed by atoms with Crippen LogP contribution < -0.4 is 0 Å². The highest BCUT2D eigenvalue weighted by molar-refractivity contribution is 5.87.